The quantitative estimate of drug-likeness (QED) is 0.135. The lowest BCUT2D eigenvalue weighted by atomic mass is 9.88. The molecule has 0 atom stereocenters. The Balaban J connectivity index is 1.22. The van der Waals surface area contributed by atoms with E-state index in [-0.39, 0.29) is 17.2 Å². The maximum atomic E-state index is 16.4. The van der Waals surface area contributed by atoms with Gasteiger partial charge in [0.15, 0.2) is 5.82 Å². The molecule has 2 aromatic carbocycles. The molecule has 4 heterocycles. The van der Waals surface area contributed by atoms with Crippen LogP contribution in [-0.2, 0) is 4.79 Å². The van der Waals surface area contributed by atoms with Crippen molar-refractivity contribution in [1.82, 2.24) is 35.0 Å². The van der Waals surface area contributed by atoms with Crippen LogP contribution in [0.5, 0.6) is 0 Å². The van der Waals surface area contributed by atoms with Crippen molar-refractivity contribution in [2.24, 2.45) is 5.92 Å². The second kappa shape index (κ2) is 12.9. The highest BCUT2D eigenvalue weighted by Crippen LogP contribution is 2.36. The number of aromatic amines is 2. The average molecular weight is 636 g/mol. The normalized spacial score (nSPS) is 13.9. The Morgan fingerprint density at radius 3 is 2.62 bits per heavy atom. The lowest BCUT2D eigenvalue weighted by Gasteiger charge is -2.20. The Hall–Kier alpha value is -5.23. The van der Waals surface area contributed by atoms with E-state index in [9.17, 15) is 9.18 Å². The highest BCUT2D eigenvalue weighted by molar-refractivity contribution is 5.98. The number of nitrogens with one attached hydrogen (secondary N) is 4. The van der Waals surface area contributed by atoms with Crippen molar-refractivity contribution >= 4 is 39.2 Å². The van der Waals surface area contributed by atoms with Crippen molar-refractivity contribution in [3.8, 4) is 33.9 Å². The van der Waals surface area contributed by atoms with Gasteiger partial charge in [-0.2, -0.15) is 5.10 Å². The third-order valence-electron chi connectivity index (χ3n) is 8.64. The SMILES string of the molecule is CN(C)CCNc1cc(F)cc(-c2nccc3[nH]c(-c4n[nH]c5ccc(-c6cncc(NC(=O)C7CCCCC7)c6)c(F)c45)nc23)c1. The molecule has 4 aromatic heterocycles. The molecule has 47 heavy (non-hydrogen) atoms. The number of benzene rings is 2. The summed E-state index contributed by atoms with van der Waals surface area (Å²) in [6.45, 7) is 1.44. The number of aromatic nitrogens is 6. The monoisotopic (exact) mass is 635 g/mol. The molecule has 240 valence electrons. The zero-order valence-corrected chi connectivity index (χ0v) is 26.2. The molecule has 1 fully saturated rings. The molecule has 0 aliphatic heterocycles. The molecule has 0 unspecified atom stereocenters. The Bertz CT molecular complexity index is 2080. The third-order valence-corrected chi connectivity index (χ3v) is 8.64. The molecule has 7 rings (SSSR count). The van der Waals surface area contributed by atoms with Gasteiger partial charge in [0.05, 0.1) is 34.0 Å². The first kappa shape index (κ1) is 30.4. The molecular weight excluding hydrogens is 600 g/mol. The summed E-state index contributed by atoms with van der Waals surface area (Å²) in [6.07, 6.45) is 9.80. The number of amides is 1. The number of carbonyl (C=O) groups excluding carboxylic acids is 1. The highest BCUT2D eigenvalue weighted by atomic mass is 19.1. The maximum absolute atomic E-state index is 16.4. The predicted octanol–water partition coefficient (Wildman–Crippen LogP) is 7.00. The van der Waals surface area contributed by atoms with Crippen LogP contribution >= 0.6 is 0 Å². The average Bonchev–Trinajstić information content (AvgIpc) is 3.70. The van der Waals surface area contributed by atoms with E-state index in [1.165, 1.54) is 12.1 Å². The van der Waals surface area contributed by atoms with Gasteiger partial charge in [-0.05, 0) is 69.4 Å². The number of hydrogen-bond donors (Lipinski definition) is 4. The zero-order valence-electron chi connectivity index (χ0n) is 26.2. The molecular formula is C35H35F2N9O. The predicted molar refractivity (Wildman–Crippen MR) is 180 cm³/mol. The van der Waals surface area contributed by atoms with Crippen molar-refractivity contribution in [2.45, 2.75) is 32.1 Å². The van der Waals surface area contributed by atoms with Crippen LogP contribution in [0.15, 0.2) is 61.1 Å². The van der Waals surface area contributed by atoms with E-state index in [4.69, 9.17) is 4.98 Å². The number of likely N-dealkylation sites (N-methyl/N-ethyl adjacent to an activating group) is 1. The van der Waals surface area contributed by atoms with Gasteiger partial charge in [-0.3, -0.25) is 19.9 Å². The van der Waals surface area contributed by atoms with Crippen molar-refractivity contribution in [3.05, 3.63) is 72.7 Å². The van der Waals surface area contributed by atoms with Crippen molar-refractivity contribution in [2.75, 3.05) is 37.8 Å². The lowest BCUT2D eigenvalue weighted by Crippen LogP contribution is -2.24. The molecule has 0 radical (unpaired) electrons. The number of H-pyrrole nitrogens is 2. The molecule has 1 saturated carbocycles. The fourth-order valence-corrected chi connectivity index (χ4v) is 6.24. The summed E-state index contributed by atoms with van der Waals surface area (Å²) in [7, 11) is 3.95. The number of imidazole rings is 1. The number of carbonyl (C=O) groups is 1. The number of hydrogen-bond acceptors (Lipinski definition) is 7. The van der Waals surface area contributed by atoms with Gasteiger partial charge in [0, 0.05) is 53.8 Å². The van der Waals surface area contributed by atoms with Crippen molar-refractivity contribution < 1.29 is 13.6 Å². The van der Waals surface area contributed by atoms with Crippen LogP contribution in [-0.4, -0.2) is 68.1 Å². The van der Waals surface area contributed by atoms with Crippen LogP contribution in [0.2, 0.25) is 0 Å². The summed E-state index contributed by atoms with van der Waals surface area (Å²) < 4.78 is 31.1. The fourth-order valence-electron chi connectivity index (χ4n) is 6.24. The van der Waals surface area contributed by atoms with Crippen molar-refractivity contribution in [1.29, 1.82) is 0 Å². The van der Waals surface area contributed by atoms with Gasteiger partial charge in [0.25, 0.3) is 0 Å². The first-order chi connectivity index (χ1) is 22.8. The topological polar surface area (TPSA) is 128 Å². The molecule has 0 saturated heterocycles. The largest absolute Gasteiger partial charge is 0.384 e. The minimum atomic E-state index is -0.499. The van der Waals surface area contributed by atoms with Crippen LogP contribution in [0.25, 0.3) is 55.8 Å². The number of anilines is 2. The molecule has 10 nitrogen and oxygen atoms in total. The first-order valence-electron chi connectivity index (χ1n) is 15.8. The van der Waals surface area contributed by atoms with Crippen LogP contribution in [0, 0.1) is 17.6 Å². The third kappa shape index (κ3) is 6.28. The van der Waals surface area contributed by atoms with Gasteiger partial charge in [0.2, 0.25) is 5.91 Å². The minimum Gasteiger partial charge on any atom is -0.384 e. The smallest absolute Gasteiger partial charge is 0.227 e. The molecule has 1 aliphatic rings. The first-order valence-corrected chi connectivity index (χ1v) is 15.8. The Morgan fingerprint density at radius 1 is 0.957 bits per heavy atom. The summed E-state index contributed by atoms with van der Waals surface area (Å²) in [6, 6.07) is 11.6. The fraction of sp³-hybridized carbons (Fsp3) is 0.286. The number of rotatable bonds is 9. The van der Waals surface area contributed by atoms with E-state index in [1.54, 1.807) is 42.9 Å². The molecule has 12 heteroatoms. The highest BCUT2D eigenvalue weighted by Gasteiger charge is 2.23. The maximum Gasteiger partial charge on any atom is 0.227 e. The van der Waals surface area contributed by atoms with E-state index in [1.807, 2.05) is 25.1 Å². The zero-order chi connectivity index (χ0) is 32.5. The Kier molecular flexibility index (Phi) is 8.33. The number of fused-ring (bicyclic) bond motifs is 2. The summed E-state index contributed by atoms with van der Waals surface area (Å²) >= 11 is 0. The Morgan fingerprint density at radius 2 is 1.79 bits per heavy atom. The number of pyridine rings is 2. The van der Waals surface area contributed by atoms with E-state index < -0.39 is 11.6 Å². The summed E-state index contributed by atoms with van der Waals surface area (Å²) in [5, 5.41) is 13.8. The van der Waals surface area contributed by atoms with Crippen molar-refractivity contribution in [3.63, 3.8) is 0 Å². The van der Waals surface area contributed by atoms with Gasteiger partial charge in [-0.15, -0.1) is 0 Å². The van der Waals surface area contributed by atoms with Gasteiger partial charge in [0.1, 0.15) is 22.8 Å². The van der Waals surface area contributed by atoms with Crippen LogP contribution in [0.4, 0.5) is 20.2 Å². The van der Waals surface area contributed by atoms with E-state index in [2.05, 4.69) is 35.8 Å². The number of halogens is 2. The standard InChI is InChI=1S/C35H35F2N9O/c1-46(2)13-12-39-24-15-21(14-23(36)17-24)31-32-28(10-11-40-31)42-34(43-32)33-29-27(44-45-33)9-8-26(30(29)37)22-16-25(19-38-18-22)41-35(47)20-6-4-3-5-7-20/h8-11,14-20,39H,3-7,12-13H2,1-2H3,(H,41,47)(H,42,43)(H,44,45). The lowest BCUT2D eigenvalue weighted by molar-refractivity contribution is -0.120. The van der Waals surface area contributed by atoms with Crippen LogP contribution < -0.4 is 10.6 Å². The van der Waals surface area contributed by atoms with Gasteiger partial charge in [-0.1, -0.05) is 19.3 Å². The van der Waals surface area contributed by atoms with Crippen LogP contribution in [0.1, 0.15) is 32.1 Å². The molecule has 1 aliphatic carbocycles. The minimum absolute atomic E-state index is 0.0128. The van der Waals surface area contributed by atoms with Gasteiger partial charge in [-0.25, -0.2) is 13.8 Å². The molecule has 4 N–H and O–H groups in total. The Labute approximate surface area is 270 Å². The van der Waals surface area contributed by atoms with Gasteiger partial charge >= 0.3 is 0 Å². The van der Waals surface area contributed by atoms with E-state index >= 15 is 4.39 Å². The summed E-state index contributed by atoms with van der Waals surface area (Å²) in [5.41, 5.74) is 4.98. The van der Waals surface area contributed by atoms with Crippen LogP contribution in [0.3, 0.4) is 0 Å². The van der Waals surface area contributed by atoms with Gasteiger partial charge < -0.3 is 20.5 Å². The molecule has 1 amide bonds. The second-order valence-corrected chi connectivity index (χ2v) is 12.3. The molecule has 6 aromatic rings. The summed E-state index contributed by atoms with van der Waals surface area (Å²) in [5.74, 6) is -0.596. The molecule has 0 bridgehead atoms. The summed E-state index contributed by atoms with van der Waals surface area (Å²) in [4.78, 5) is 31.7. The van der Waals surface area contributed by atoms with E-state index in [0.717, 1.165) is 38.6 Å². The second-order valence-electron chi connectivity index (χ2n) is 12.3. The molecule has 0 spiro atoms. The number of nitrogens with zero attached hydrogens (tertiary/aromatic N) is 5. The van der Waals surface area contributed by atoms with E-state index in [0.29, 0.717) is 68.4 Å².